The second-order valence-corrected chi connectivity index (χ2v) is 6.18. The van der Waals surface area contributed by atoms with Crippen molar-refractivity contribution in [2.24, 2.45) is 0 Å². The number of hydrogen-bond donors (Lipinski definition) is 2. The highest BCUT2D eigenvalue weighted by Gasteiger charge is 2.19. The van der Waals surface area contributed by atoms with Gasteiger partial charge in [0, 0.05) is 16.7 Å². The fourth-order valence-corrected chi connectivity index (χ4v) is 3.34. The van der Waals surface area contributed by atoms with Crippen LogP contribution >= 0.6 is 0 Å². The van der Waals surface area contributed by atoms with E-state index in [1.165, 1.54) is 0 Å². The van der Waals surface area contributed by atoms with Crippen molar-refractivity contribution in [2.75, 3.05) is 12.3 Å². The van der Waals surface area contributed by atoms with Gasteiger partial charge in [0.1, 0.15) is 11.5 Å². The Hall–Kier alpha value is -2.22. The Labute approximate surface area is 137 Å². The van der Waals surface area contributed by atoms with Gasteiger partial charge < -0.3 is 20.5 Å². The van der Waals surface area contributed by atoms with Crippen molar-refractivity contribution >= 4 is 27.9 Å². The van der Waals surface area contributed by atoms with Crippen LogP contribution in [0.25, 0.3) is 11.0 Å². The minimum atomic E-state index is -1.29. The van der Waals surface area contributed by atoms with E-state index in [2.05, 4.69) is 9.97 Å². The molecule has 122 valence electrons. The number of nitrogens with two attached hydrogens (primary N) is 1. The van der Waals surface area contributed by atoms with E-state index >= 15 is 0 Å². The number of para-hydroxylation sites is 3. The molecule has 0 fully saturated rings. The van der Waals surface area contributed by atoms with Crippen LogP contribution in [0.1, 0.15) is 12.5 Å². The first-order valence-corrected chi connectivity index (χ1v) is 8.34. The summed E-state index contributed by atoms with van der Waals surface area (Å²) in [6.45, 7) is 2.44. The second-order valence-electron chi connectivity index (χ2n) is 4.81. The summed E-state index contributed by atoms with van der Waals surface area (Å²) in [4.78, 5) is 7.46. The number of anilines is 1. The summed E-state index contributed by atoms with van der Waals surface area (Å²) < 4.78 is 18.0. The van der Waals surface area contributed by atoms with Crippen LogP contribution in [0.3, 0.4) is 0 Å². The van der Waals surface area contributed by atoms with Gasteiger partial charge in [-0.25, -0.2) is 0 Å². The number of ether oxygens (including phenoxy) is 1. The lowest BCUT2D eigenvalue weighted by Gasteiger charge is -2.12. The Morgan fingerprint density at radius 3 is 2.74 bits per heavy atom. The molecule has 0 saturated heterocycles. The van der Waals surface area contributed by atoms with Crippen molar-refractivity contribution in [1.82, 2.24) is 9.97 Å². The number of nitrogens with zero attached hydrogens (tertiary/aromatic N) is 1. The molecule has 1 aromatic heterocycles. The Bertz CT molecular complexity index is 758. The highest BCUT2D eigenvalue weighted by atomic mass is 32.2. The average Bonchev–Trinajstić information content (AvgIpc) is 2.95. The normalized spacial score (nSPS) is 11.9. The van der Waals surface area contributed by atoms with Crippen LogP contribution in [-0.4, -0.2) is 26.6 Å². The molecule has 0 amide bonds. The monoisotopic (exact) mass is 333 g/mol. The summed E-state index contributed by atoms with van der Waals surface area (Å²) in [6, 6.07) is 13.1. The fraction of sp³-hybridized carbons (Fsp3) is 0.188. The minimum Gasteiger partial charge on any atom is -0.609 e. The molecule has 0 aliphatic rings. The van der Waals surface area contributed by atoms with Gasteiger partial charge in [0.25, 0.3) is 0 Å². The van der Waals surface area contributed by atoms with E-state index < -0.39 is 11.2 Å². The number of fused-ring (bicyclic) bond motifs is 1. The Balaban J connectivity index is 0.00000192. The number of H-pyrrole nitrogens is 1. The first-order chi connectivity index (χ1) is 10.7. The highest BCUT2D eigenvalue weighted by Crippen LogP contribution is 2.28. The van der Waals surface area contributed by atoms with Crippen LogP contribution < -0.4 is 10.5 Å². The minimum absolute atomic E-state index is 0. The van der Waals surface area contributed by atoms with Gasteiger partial charge in [0.2, 0.25) is 0 Å². The second kappa shape index (κ2) is 7.36. The number of aromatic amines is 1. The first kappa shape index (κ1) is 17.1. The van der Waals surface area contributed by atoms with Gasteiger partial charge in [-0.1, -0.05) is 24.3 Å². The van der Waals surface area contributed by atoms with Gasteiger partial charge in [-0.15, -0.1) is 0 Å². The molecule has 0 radical (unpaired) electrons. The lowest BCUT2D eigenvalue weighted by molar-refractivity contribution is 0.342. The number of aromatic nitrogens is 2. The van der Waals surface area contributed by atoms with E-state index in [0.29, 0.717) is 29.0 Å². The SMILES string of the molecule is CCOc1cccc(C[S+]([O-])c2nc3ccccc3[nH]2)c1N.O. The van der Waals surface area contributed by atoms with Crippen LogP contribution in [0.2, 0.25) is 0 Å². The Morgan fingerprint density at radius 1 is 1.22 bits per heavy atom. The Morgan fingerprint density at radius 2 is 2.00 bits per heavy atom. The van der Waals surface area contributed by atoms with Crippen molar-refractivity contribution in [3.05, 3.63) is 48.0 Å². The van der Waals surface area contributed by atoms with Crippen molar-refractivity contribution in [3.63, 3.8) is 0 Å². The maximum Gasteiger partial charge on any atom is 0.321 e. The molecule has 1 unspecified atom stereocenters. The summed E-state index contributed by atoms with van der Waals surface area (Å²) in [6.07, 6.45) is 0. The lowest BCUT2D eigenvalue weighted by atomic mass is 10.2. The summed E-state index contributed by atoms with van der Waals surface area (Å²) in [5, 5.41) is 0.461. The molecule has 0 bridgehead atoms. The zero-order valence-electron chi connectivity index (χ0n) is 12.7. The number of nitrogens with one attached hydrogen (secondary N) is 1. The molecule has 0 aliphatic carbocycles. The number of nitrogen functional groups attached to an aromatic ring is 1. The topological polar surface area (TPSA) is 118 Å². The molecule has 5 N–H and O–H groups in total. The smallest absolute Gasteiger partial charge is 0.321 e. The predicted molar refractivity (Wildman–Crippen MR) is 91.8 cm³/mol. The maximum absolute atomic E-state index is 12.5. The van der Waals surface area contributed by atoms with Gasteiger partial charge in [-0.05, 0) is 25.1 Å². The van der Waals surface area contributed by atoms with Gasteiger partial charge >= 0.3 is 5.16 Å². The summed E-state index contributed by atoms with van der Waals surface area (Å²) in [5.74, 6) is 0.925. The third-order valence-electron chi connectivity index (χ3n) is 3.33. The van der Waals surface area contributed by atoms with Crippen LogP contribution in [-0.2, 0) is 16.9 Å². The van der Waals surface area contributed by atoms with E-state index in [0.717, 1.165) is 16.6 Å². The largest absolute Gasteiger partial charge is 0.609 e. The quantitative estimate of drug-likeness (QED) is 0.548. The Kier molecular flexibility index (Phi) is 5.49. The van der Waals surface area contributed by atoms with Crippen LogP contribution in [0.5, 0.6) is 5.75 Å². The molecule has 7 heteroatoms. The van der Waals surface area contributed by atoms with E-state index in [9.17, 15) is 4.55 Å². The van der Waals surface area contributed by atoms with Crippen molar-refractivity contribution < 1.29 is 14.8 Å². The molecule has 0 aliphatic heterocycles. The van der Waals surface area contributed by atoms with Crippen LogP contribution in [0, 0.1) is 0 Å². The van der Waals surface area contributed by atoms with E-state index in [4.69, 9.17) is 10.5 Å². The first-order valence-electron chi connectivity index (χ1n) is 7.02. The number of rotatable bonds is 5. The van der Waals surface area contributed by atoms with Crippen LogP contribution in [0.15, 0.2) is 47.6 Å². The third kappa shape index (κ3) is 3.58. The lowest BCUT2D eigenvalue weighted by Crippen LogP contribution is -2.09. The zero-order valence-corrected chi connectivity index (χ0v) is 13.5. The molecule has 6 nitrogen and oxygen atoms in total. The maximum atomic E-state index is 12.5. The average molecular weight is 333 g/mol. The fourth-order valence-electron chi connectivity index (χ4n) is 2.24. The van der Waals surface area contributed by atoms with Crippen LogP contribution in [0.4, 0.5) is 5.69 Å². The molecule has 23 heavy (non-hydrogen) atoms. The number of imidazole rings is 1. The highest BCUT2D eigenvalue weighted by molar-refractivity contribution is 7.90. The molecule has 0 spiro atoms. The van der Waals surface area contributed by atoms with Crippen molar-refractivity contribution in [2.45, 2.75) is 17.8 Å². The third-order valence-corrected chi connectivity index (χ3v) is 4.52. The van der Waals surface area contributed by atoms with Gasteiger partial charge in [0.15, 0.2) is 0 Å². The number of hydrogen-bond acceptors (Lipinski definition) is 4. The number of benzene rings is 2. The standard InChI is InChI=1S/C16H17N3O2S.H2O/c1-2-21-14-9-5-6-11(15(14)17)10-22(20)16-18-12-7-3-4-8-13(12)19-16;/h3-9H,2,10,17H2,1H3,(H,18,19);1H2. The van der Waals surface area contributed by atoms with Crippen molar-refractivity contribution in [3.8, 4) is 5.75 Å². The zero-order chi connectivity index (χ0) is 15.5. The predicted octanol–water partition coefficient (Wildman–Crippen LogP) is 2.03. The molecule has 3 rings (SSSR count). The molecule has 2 aromatic carbocycles. The van der Waals surface area contributed by atoms with E-state index in [1.54, 1.807) is 0 Å². The van der Waals surface area contributed by atoms with Gasteiger partial charge in [0.05, 0.1) is 23.3 Å². The summed E-state index contributed by atoms with van der Waals surface area (Å²) in [5.41, 5.74) is 9.10. The van der Waals surface area contributed by atoms with E-state index in [1.807, 2.05) is 49.4 Å². The molecule has 1 atom stereocenters. The molecule has 3 aromatic rings. The molecular formula is C16H19N3O3S. The summed E-state index contributed by atoms with van der Waals surface area (Å²) in [7, 11) is 0. The van der Waals surface area contributed by atoms with Crippen molar-refractivity contribution in [1.29, 1.82) is 0 Å². The molecular weight excluding hydrogens is 314 g/mol. The molecule has 0 saturated carbocycles. The van der Waals surface area contributed by atoms with Gasteiger partial charge in [-0.3, -0.25) is 4.98 Å². The van der Waals surface area contributed by atoms with Gasteiger partial charge in [-0.2, -0.15) is 4.98 Å². The summed E-state index contributed by atoms with van der Waals surface area (Å²) >= 11 is -1.29. The van der Waals surface area contributed by atoms with E-state index in [-0.39, 0.29) is 5.48 Å². The molecule has 1 heterocycles.